The van der Waals surface area contributed by atoms with Gasteiger partial charge in [-0.15, -0.1) is 0 Å². The van der Waals surface area contributed by atoms with Crippen LogP contribution in [0.2, 0.25) is 0 Å². The molecule has 0 fully saturated rings. The number of aryl methyl sites for hydroxylation is 3. The third-order valence-corrected chi connectivity index (χ3v) is 3.72. The molecule has 0 bridgehead atoms. The van der Waals surface area contributed by atoms with Gasteiger partial charge in [0.15, 0.2) is 0 Å². The van der Waals surface area contributed by atoms with Crippen LogP contribution in [0.25, 0.3) is 0 Å². The van der Waals surface area contributed by atoms with E-state index < -0.39 is 0 Å². The minimum atomic E-state index is -0.335. The first-order valence-electron chi connectivity index (χ1n) is 7.61. The van der Waals surface area contributed by atoms with Gasteiger partial charge < -0.3 is 4.52 Å². The average molecular weight is 315 g/mol. The minimum absolute atomic E-state index is 0.248. The SMILES string of the molecule is CCc1ccc(C(=O)NNC(=O)CCc2c(C)noc2C)cc1. The van der Waals surface area contributed by atoms with Crippen molar-refractivity contribution in [2.45, 2.75) is 40.0 Å². The molecular weight excluding hydrogens is 294 g/mol. The topological polar surface area (TPSA) is 84.2 Å². The van der Waals surface area contributed by atoms with Crippen LogP contribution < -0.4 is 10.9 Å². The maximum Gasteiger partial charge on any atom is 0.269 e. The summed E-state index contributed by atoms with van der Waals surface area (Å²) in [4.78, 5) is 23.8. The summed E-state index contributed by atoms with van der Waals surface area (Å²) >= 11 is 0. The Morgan fingerprint density at radius 1 is 1.13 bits per heavy atom. The fourth-order valence-corrected chi connectivity index (χ4v) is 2.25. The van der Waals surface area contributed by atoms with Crippen LogP contribution >= 0.6 is 0 Å². The molecule has 6 nitrogen and oxygen atoms in total. The lowest BCUT2D eigenvalue weighted by atomic mass is 10.1. The molecule has 1 aromatic heterocycles. The summed E-state index contributed by atoms with van der Waals surface area (Å²) in [6.07, 6.45) is 1.69. The van der Waals surface area contributed by atoms with E-state index in [9.17, 15) is 9.59 Å². The summed E-state index contributed by atoms with van der Waals surface area (Å²) in [5, 5.41) is 3.85. The van der Waals surface area contributed by atoms with Gasteiger partial charge in [0.25, 0.3) is 5.91 Å². The van der Waals surface area contributed by atoms with E-state index in [0.717, 1.165) is 29.0 Å². The van der Waals surface area contributed by atoms with Gasteiger partial charge in [0, 0.05) is 17.5 Å². The van der Waals surface area contributed by atoms with Gasteiger partial charge in [0.1, 0.15) is 5.76 Å². The molecule has 23 heavy (non-hydrogen) atoms. The number of amides is 2. The quantitative estimate of drug-likeness (QED) is 0.829. The van der Waals surface area contributed by atoms with Gasteiger partial charge in [-0.05, 0) is 44.4 Å². The number of nitrogens with zero attached hydrogens (tertiary/aromatic N) is 1. The third-order valence-electron chi connectivity index (χ3n) is 3.72. The van der Waals surface area contributed by atoms with E-state index >= 15 is 0 Å². The lowest BCUT2D eigenvalue weighted by molar-refractivity contribution is -0.121. The smallest absolute Gasteiger partial charge is 0.269 e. The molecule has 1 aromatic carbocycles. The predicted octanol–water partition coefficient (Wildman–Crippen LogP) is 2.25. The number of hydrogen-bond acceptors (Lipinski definition) is 4. The van der Waals surface area contributed by atoms with Crippen molar-refractivity contribution in [2.24, 2.45) is 0 Å². The van der Waals surface area contributed by atoms with E-state index in [-0.39, 0.29) is 18.2 Å². The molecular formula is C17H21N3O3. The fraction of sp³-hybridized carbons (Fsp3) is 0.353. The highest BCUT2D eigenvalue weighted by Crippen LogP contribution is 2.14. The number of carbonyl (C=O) groups is 2. The van der Waals surface area contributed by atoms with Gasteiger partial charge >= 0.3 is 0 Å². The number of aromatic nitrogens is 1. The molecule has 2 N–H and O–H groups in total. The van der Waals surface area contributed by atoms with Gasteiger partial charge in [-0.25, -0.2) is 0 Å². The van der Waals surface area contributed by atoms with Crippen LogP contribution in [0.4, 0.5) is 0 Å². The van der Waals surface area contributed by atoms with Crippen molar-refractivity contribution in [1.29, 1.82) is 0 Å². The highest BCUT2D eigenvalue weighted by molar-refractivity contribution is 5.95. The van der Waals surface area contributed by atoms with E-state index in [1.807, 2.05) is 32.9 Å². The zero-order valence-corrected chi connectivity index (χ0v) is 13.6. The Labute approximate surface area is 135 Å². The lowest BCUT2D eigenvalue weighted by Gasteiger charge is -2.08. The summed E-state index contributed by atoms with van der Waals surface area (Å²) in [5.41, 5.74) is 8.22. The first-order chi connectivity index (χ1) is 11.0. The summed E-state index contributed by atoms with van der Waals surface area (Å²) in [7, 11) is 0. The summed E-state index contributed by atoms with van der Waals surface area (Å²) in [6, 6.07) is 7.27. The molecule has 1 heterocycles. The van der Waals surface area contributed by atoms with Crippen LogP contribution in [0.1, 0.15) is 46.3 Å². The number of hydrogen-bond donors (Lipinski definition) is 2. The molecule has 0 saturated heterocycles. The van der Waals surface area contributed by atoms with Crippen LogP contribution in [0, 0.1) is 13.8 Å². The number of benzene rings is 1. The Bertz CT molecular complexity index is 670. The van der Waals surface area contributed by atoms with Crippen LogP contribution in [0.5, 0.6) is 0 Å². The van der Waals surface area contributed by atoms with Crippen LogP contribution in [-0.2, 0) is 17.6 Å². The van der Waals surface area contributed by atoms with Crippen molar-refractivity contribution in [2.75, 3.05) is 0 Å². The molecule has 0 unspecified atom stereocenters. The Balaban J connectivity index is 1.80. The summed E-state index contributed by atoms with van der Waals surface area (Å²) < 4.78 is 5.05. The number of hydrazine groups is 1. The Kier molecular flexibility index (Phi) is 5.51. The molecule has 2 aromatic rings. The van der Waals surface area contributed by atoms with Crippen LogP contribution in [0.3, 0.4) is 0 Å². The third kappa shape index (κ3) is 4.42. The molecule has 0 aliphatic carbocycles. The Morgan fingerprint density at radius 2 is 1.83 bits per heavy atom. The van der Waals surface area contributed by atoms with Gasteiger partial charge in [-0.3, -0.25) is 20.4 Å². The normalized spacial score (nSPS) is 10.4. The molecule has 0 aliphatic heterocycles. The van der Waals surface area contributed by atoms with E-state index in [4.69, 9.17) is 4.52 Å². The van der Waals surface area contributed by atoms with Gasteiger partial charge in [0.2, 0.25) is 5.91 Å². The predicted molar refractivity (Wildman–Crippen MR) is 85.7 cm³/mol. The zero-order chi connectivity index (χ0) is 16.8. The van der Waals surface area contributed by atoms with Crippen molar-refractivity contribution in [1.82, 2.24) is 16.0 Å². The largest absolute Gasteiger partial charge is 0.361 e. The average Bonchev–Trinajstić information content (AvgIpc) is 2.89. The zero-order valence-electron chi connectivity index (χ0n) is 13.6. The van der Waals surface area contributed by atoms with E-state index in [1.54, 1.807) is 12.1 Å². The van der Waals surface area contributed by atoms with Gasteiger partial charge in [0.05, 0.1) is 5.69 Å². The number of nitrogens with one attached hydrogen (secondary N) is 2. The molecule has 0 atom stereocenters. The number of rotatable bonds is 5. The second-order valence-corrected chi connectivity index (χ2v) is 5.36. The first-order valence-corrected chi connectivity index (χ1v) is 7.61. The summed E-state index contributed by atoms with van der Waals surface area (Å²) in [5.74, 6) is 0.122. The lowest BCUT2D eigenvalue weighted by Crippen LogP contribution is -2.41. The molecule has 0 spiro atoms. The van der Waals surface area contributed by atoms with E-state index in [1.165, 1.54) is 0 Å². The van der Waals surface area contributed by atoms with Crippen molar-refractivity contribution >= 4 is 11.8 Å². The van der Waals surface area contributed by atoms with Crippen molar-refractivity contribution < 1.29 is 14.1 Å². The van der Waals surface area contributed by atoms with Gasteiger partial charge in [-0.1, -0.05) is 24.2 Å². The maximum absolute atomic E-state index is 11.9. The Morgan fingerprint density at radius 3 is 2.39 bits per heavy atom. The van der Waals surface area contributed by atoms with Crippen LogP contribution in [0.15, 0.2) is 28.8 Å². The minimum Gasteiger partial charge on any atom is -0.361 e. The summed E-state index contributed by atoms with van der Waals surface area (Å²) in [6.45, 7) is 5.70. The van der Waals surface area contributed by atoms with Crippen molar-refractivity contribution in [3.63, 3.8) is 0 Å². The molecule has 6 heteroatoms. The van der Waals surface area contributed by atoms with E-state index in [0.29, 0.717) is 12.0 Å². The monoisotopic (exact) mass is 315 g/mol. The van der Waals surface area contributed by atoms with Gasteiger partial charge in [-0.2, -0.15) is 0 Å². The molecule has 0 radical (unpaired) electrons. The van der Waals surface area contributed by atoms with E-state index in [2.05, 4.69) is 16.0 Å². The highest BCUT2D eigenvalue weighted by atomic mass is 16.5. The molecule has 122 valence electrons. The fourth-order valence-electron chi connectivity index (χ4n) is 2.25. The molecule has 2 amide bonds. The second kappa shape index (κ2) is 7.58. The van der Waals surface area contributed by atoms with Crippen LogP contribution in [-0.4, -0.2) is 17.0 Å². The standard InChI is InChI=1S/C17H21N3O3/c1-4-13-5-7-14(8-6-13)17(22)19-18-16(21)10-9-15-11(2)20-23-12(15)3/h5-8H,4,9-10H2,1-3H3,(H,18,21)(H,19,22). The number of carbonyl (C=O) groups excluding carboxylic acids is 2. The van der Waals surface area contributed by atoms with Crippen molar-refractivity contribution in [3.8, 4) is 0 Å². The second-order valence-electron chi connectivity index (χ2n) is 5.36. The Hall–Kier alpha value is -2.63. The van der Waals surface area contributed by atoms with Crippen molar-refractivity contribution in [3.05, 3.63) is 52.4 Å². The molecule has 2 rings (SSSR count). The molecule has 0 saturated carbocycles. The highest BCUT2D eigenvalue weighted by Gasteiger charge is 2.12. The first kappa shape index (κ1) is 16.7. The molecule has 0 aliphatic rings. The maximum atomic E-state index is 11.9.